The molecule has 0 aromatic heterocycles. The smallest absolute Gasteiger partial charge is 0.330 e. The largest absolute Gasteiger partial charge is 0.502 e. The van der Waals surface area contributed by atoms with E-state index in [1.54, 1.807) is 6.92 Å². The molecule has 0 saturated heterocycles. The van der Waals surface area contributed by atoms with Crippen LogP contribution in [0.25, 0.3) is 0 Å². The average Bonchev–Trinajstić information content (AvgIpc) is 2.37. The quantitative estimate of drug-likeness (QED) is 0.378. The van der Waals surface area contributed by atoms with Gasteiger partial charge < -0.3 is 9.84 Å². The molecule has 0 heterocycles. The maximum absolute atomic E-state index is 11.3. The number of aliphatic imine (C=N–C) groups is 1. The van der Waals surface area contributed by atoms with Gasteiger partial charge in [-0.1, -0.05) is 6.07 Å². The number of nitro benzene ring substituents is 1. The number of esters is 1. The highest BCUT2D eigenvalue weighted by atomic mass is 16.6. The van der Waals surface area contributed by atoms with Gasteiger partial charge in [0, 0.05) is 17.8 Å². The van der Waals surface area contributed by atoms with Gasteiger partial charge in [-0.05, 0) is 19.9 Å². The Morgan fingerprint density at radius 3 is 2.89 bits per heavy atom. The van der Waals surface area contributed by atoms with Crippen molar-refractivity contribution in [1.82, 2.24) is 0 Å². The van der Waals surface area contributed by atoms with E-state index in [0.717, 1.165) is 0 Å². The molecule has 0 aliphatic heterocycles. The van der Waals surface area contributed by atoms with Gasteiger partial charge in [-0.15, -0.1) is 0 Å². The Morgan fingerprint density at radius 1 is 1.63 bits per heavy atom. The van der Waals surface area contributed by atoms with Crippen molar-refractivity contribution in [3.8, 4) is 5.75 Å². The molecule has 0 amide bonds. The van der Waals surface area contributed by atoms with E-state index >= 15 is 0 Å². The lowest BCUT2D eigenvalue weighted by atomic mass is 10.2. The van der Waals surface area contributed by atoms with Crippen LogP contribution >= 0.6 is 0 Å². The summed E-state index contributed by atoms with van der Waals surface area (Å²) < 4.78 is 4.76. The molecule has 1 rings (SSSR count). The van der Waals surface area contributed by atoms with Crippen molar-refractivity contribution >= 4 is 17.9 Å². The number of benzene rings is 1. The number of nitrogens with zero attached hydrogens (tertiary/aromatic N) is 2. The van der Waals surface area contributed by atoms with E-state index in [9.17, 15) is 20.0 Å². The van der Waals surface area contributed by atoms with Gasteiger partial charge >= 0.3 is 11.7 Å². The molecule has 1 atom stereocenters. The Bertz CT molecular complexity index is 513. The minimum atomic E-state index is -0.737. The van der Waals surface area contributed by atoms with Gasteiger partial charge in [0.2, 0.25) is 5.75 Å². The zero-order valence-corrected chi connectivity index (χ0v) is 10.6. The molecule has 0 spiro atoms. The molecule has 0 saturated carbocycles. The topological polar surface area (TPSA) is 102 Å². The van der Waals surface area contributed by atoms with Crippen LogP contribution in [0, 0.1) is 10.1 Å². The second-order valence-corrected chi connectivity index (χ2v) is 3.68. The van der Waals surface area contributed by atoms with E-state index in [1.807, 2.05) is 0 Å². The summed E-state index contributed by atoms with van der Waals surface area (Å²) in [4.78, 5) is 25.1. The Morgan fingerprint density at radius 2 is 2.32 bits per heavy atom. The van der Waals surface area contributed by atoms with E-state index < -0.39 is 28.4 Å². The van der Waals surface area contributed by atoms with E-state index in [0.29, 0.717) is 0 Å². The predicted octanol–water partition coefficient (Wildman–Crippen LogP) is 1.67. The Kier molecular flexibility index (Phi) is 4.99. The predicted molar refractivity (Wildman–Crippen MR) is 68.5 cm³/mol. The lowest BCUT2D eigenvalue weighted by Gasteiger charge is -2.05. The molecule has 1 aromatic carbocycles. The number of nitro groups is 1. The summed E-state index contributed by atoms with van der Waals surface area (Å²) in [5, 5.41) is 20.3. The highest BCUT2D eigenvalue weighted by Gasteiger charge is 2.16. The number of carbonyl (C=O) groups is 1. The lowest BCUT2D eigenvalue weighted by molar-refractivity contribution is -0.385. The average molecular weight is 266 g/mol. The number of phenols is 1. The van der Waals surface area contributed by atoms with Crippen molar-refractivity contribution in [3.63, 3.8) is 0 Å². The van der Waals surface area contributed by atoms with Gasteiger partial charge in [0.1, 0.15) is 6.04 Å². The first-order chi connectivity index (χ1) is 8.97. The van der Waals surface area contributed by atoms with E-state index in [4.69, 9.17) is 4.74 Å². The molecule has 1 N–H and O–H groups in total. The third kappa shape index (κ3) is 3.77. The zero-order valence-electron chi connectivity index (χ0n) is 10.6. The van der Waals surface area contributed by atoms with Gasteiger partial charge in [0.25, 0.3) is 0 Å². The molecule has 1 aromatic rings. The minimum absolute atomic E-state index is 0.172. The molecule has 7 nitrogen and oxygen atoms in total. The van der Waals surface area contributed by atoms with Gasteiger partial charge in [0.15, 0.2) is 0 Å². The van der Waals surface area contributed by atoms with Crippen LogP contribution in [0.3, 0.4) is 0 Å². The van der Waals surface area contributed by atoms with Crippen LogP contribution in [0.1, 0.15) is 19.4 Å². The molecule has 1 unspecified atom stereocenters. The Balaban J connectivity index is 2.91. The number of hydrogen-bond acceptors (Lipinski definition) is 6. The summed E-state index contributed by atoms with van der Waals surface area (Å²) in [7, 11) is 0. The Hall–Kier alpha value is -2.44. The summed E-state index contributed by atoms with van der Waals surface area (Å²) in [5.41, 5.74) is -0.238. The highest BCUT2D eigenvalue weighted by molar-refractivity contribution is 5.87. The van der Waals surface area contributed by atoms with E-state index in [2.05, 4.69) is 4.99 Å². The second kappa shape index (κ2) is 6.48. The third-order valence-electron chi connectivity index (χ3n) is 2.31. The fourth-order valence-electron chi connectivity index (χ4n) is 1.32. The van der Waals surface area contributed by atoms with Crippen molar-refractivity contribution in [1.29, 1.82) is 0 Å². The third-order valence-corrected chi connectivity index (χ3v) is 2.31. The van der Waals surface area contributed by atoms with Crippen molar-refractivity contribution in [2.75, 3.05) is 6.61 Å². The molecule has 102 valence electrons. The molecule has 7 heteroatoms. The van der Waals surface area contributed by atoms with E-state index in [1.165, 1.54) is 31.3 Å². The fourth-order valence-corrected chi connectivity index (χ4v) is 1.32. The number of aromatic hydroxyl groups is 1. The number of rotatable bonds is 5. The van der Waals surface area contributed by atoms with Crippen molar-refractivity contribution < 1.29 is 19.6 Å². The monoisotopic (exact) mass is 266 g/mol. The van der Waals surface area contributed by atoms with Crippen LogP contribution in [-0.4, -0.2) is 34.9 Å². The van der Waals surface area contributed by atoms with Crippen LogP contribution in [0.5, 0.6) is 5.75 Å². The molecule has 0 aliphatic carbocycles. The standard InChI is InChI=1S/C12H14N2O5/c1-3-19-12(16)8(2)13-7-9-5-4-6-10(11(9)15)14(17)18/h4-8,15H,3H2,1-2H3. The summed E-state index contributed by atoms with van der Waals surface area (Å²) in [6.45, 7) is 3.46. The SMILES string of the molecule is CCOC(=O)C(C)N=Cc1cccc([N+](=O)[O-])c1O. The number of para-hydroxylation sites is 1. The maximum Gasteiger partial charge on any atom is 0.330 e. The van der Waals surface area contributed by atoms with Crippen LogP contribution in [0.4, 0.5) is 5.69 Å². The first-order valence-electron chi connectivity index (χ1n) is 5.63. The summed E-state index contributed by atoms with van der Waals surface area (Å²) >= 11 is 0. The number of carbonyl (C=O) groups excluding carboxylic acids is 1. The fraction of sp³-hybridized carbons (Fsp3) is 0.333. The number of hydrogen-bond donors (Lipinski definition) is 1. The first-order valence-corrected chi connectivity index (χ1v) is 5.63. The molecular formula is C12H14N2O5. The number of phenolic OH excluding ortho intramolecular Hbond substituents is 1. The minimum Gasteiger partial charge on any atom is -0.502 e. The molecule has 19 heavy (non-hydrogen) atoms. The van der Waals surface area contributed by atoms with Gasteiger partial charge in [-0.3, -0.25) is 15.1 Å². The molecule has 0 aliphatic rings. The zero-order chi connectivity index (χ0) is 14.4. The van der Waals surface area contributed by atoms with Gasteiger partial charge in [-0.2, -0.15) is 0 Å². The van der Waals surface area contributed by atoms with Crippen LogP contribution < -0.4 is 0 Å². The Labute approximate surface area is 109 Å². The summed E-state index contributed by atoms with van der Waals surface area (Å²) in [6.07, 6.45) is 1.21. The van der Waals surface area contributed by atoms with Crippen molar-refractivity contribution in [3.05, 3.63) is 33.9 Å². The van der Waals surface area contributed by atoms with Crippen LogP contribution in [-0.2, 0) is 9.53 Å². The number of ether oxygens (including phenoxy) is 1. The summed E-state index contributed by atoms with van der Waals surface area (Å²) in [6, 6.07) is 3.33. The van der Waals surface area contributed by atoms with Crippen molar-refractivity contribution in [2.45, 2.75) is 19.9 Å². The van der Waals surface area contributed by atoms with Gasteiger partial charge in [0.05, 0.1) is 11.5 Å². The van der Waals surface area contributed by atoms with Crippen LogP contribution in [0.2, 0.25) is 0 Å². The van der Waals surface area contributed by atoms with E-state index in [-0.39, 0.29) is 12.2 Å². The molecule has 0 radical (unpaired) electrons. The summed E-state index contributed by atoms with van der Waals surface area (Å²) in [5.74, 6) is -0.976. The normalized spacial score (nSPS) is 12.3. The maximum atomic E-state index is 11.3. The molecule has 0 fully saturated rings. The first kappa shape index (κ1) is 14.6. The second-order valence-electron chi connectivity index (χ2n) is 3.68. The van der Waals surface area contributed by atoms with Crippen molar-refractivity contribution in [2.24, 2.45) is 4.99 Å². The lowest BCUT2D eigenvalue weighted by Crippen LogP contribution is -2.18. The highest BCUT2D eigenvalue weighted by Crippen LogP contribution is 2.28. The van der Waals surface area contributed by atoms with Gasteiger partial charge in [-0.25, -0.2) is 4.79 Å². The van der Waals surface area contributed by atoms with Crippen LogP contribution in [0.15, 0.2) is 23.2 Å². The molecule has 0 bridgehead atoms. The molecular weight excluding hydrogens is 252 g/mol.